The number of hydrogen-bond donors (Lipinski definition) is 2. The average molecular weight is 239 g/mol. The van der Waals surface area contributed by atoms with Gasteiger partial charge in [0.2, 0.25) is 0 Å². The van der Waals surface area contributed by atoms with Crippen molar-refractivity contribution in [2.45, 2.75) is 45.3 Å². The number of aromatic nitrogens is 1. The number of hydrogen-bond acceptors (Lipinski definition) is 4. The third kappa shape index (κ3) is 4.32. The fourth-order valence-corrected chi connectivity index (χ4v) is 1.57. The van der Waals surface area contributed by atoms with Gasteiger partial charge in [0.1, 0.15) is 11.9 Å². The van der Waals surface area contributed by atoms with Gasteiger partial charge in [0.15, 0.2) is 0 Å². The summed E-state index contributed by atoms with van der Waals surface area (Å²) in [5.74, 6) is 0.632. The van der Waals surface area contributed by atoms with Crippen LogP contribution in [0.1, 0.15) is 44.8 Å². The van der Waals surface area contributed by atoms with Crippen molar-refractivity contribution < 1.29 is 14.9 Å². The standard InChI is InChI=1S/C13H21NO3/c1-3-5-12(15)13(16)10-7-11(9-14-8-10)17-6-4-2/h7-9,12-13,15-16H,3-6H2,1-2H3. The normalized spacial score (nSPS) is 14.4. The van der Waals surface area contributed by atoms with Crippen LogP contribution in [0.5, 0.6) is 5.75 Å². The van der Waals surface area contributed by atoms with E-state index in [1.54, 1.807) is 18.5 Å². The second-order valence-corrected chi connectivity index (χ2v) is 4.10. The molecule has 96 valence electrons. The molecule has 1 aromatic rings. The van der Waals surface area contributed by atoms with Gasteiger partial charge in [0.05, 0.1) is 18.9 Å². The van der Waals surface area contributed by atoms with Gasteiger partial charge in [-0.25, -0.2) is 0 Å². The molecule has 0 bridgehead atoms. The molecular weight excluding hydrogens is 218 g/mol. The molecule has 1 rings (SSSR count). The molecule has 4 heteroatoms. The van der Waals surface area contributed by atoms with Crippen molar-refractivity contribution in [1.29, 1.82) is 0 Å². The van der Waals surface area contributed by atoms with Gasteiger partial charge >= 0.3 is 0 Å². The van der Waals surface area contributed by atoms with E-state index in [4.69, 9.17) is 4.74 Å². The molecule has 2 unspecified atom stereocenters. The SMILES string of the molecule is CCCOc1cncc(C(O)C(O)CCC)c1. The van der Waals surface area contributed by atoms with Crippen LogP contribution in [-0.4, -0.2) is 27.9 Å². The molecule has 0 spiro atoms. The highest BCUT2D eigenvalue weighted by atomic mass is 16.5. The molecule has 0 saturated heterocycles. The number of ether oxygens (including phenoxy) is 1. The topological polar surface area (TPSA) is 62.6 Å². The Morgan fingerprint density at radius 1 is 1.24 bits per heavy atom. The van der Waals surface area contributed by atoms with E-state index < -0.39 is 12.2 Å². The quantitative estimate of drug-likeness (QED) is 0.764. The lowest BCUT2D eigenvalue weighted by atomic mass is 10.0. The summed E-state index contributed by atoms with van der Waals surface area (Å²) in [7, 11) is 0. The highest BCUT2D eigenvalue weighted by Gasteiger charge is 2.18. The second kappa shape index (κ2) is 7.25. The van der Waals surface area contributed by atoms with Gasteiger partial charge in [0.25, 0.3) is 0 Å². The van der Waals surface area contributed by atoms with Crippen LogP contribution in [0, 0.1) is 0 Å². The third-order valence-electron chi connectivity index (χ3n) is 2.50. The molecule has 2 N–H and O–H groups in total. The Balaban J connectivity index is 2.69. The minimum atomic E-state index is -0.896. The number of nitrogens with zero attached hydrogens (tertiary/aromatic N) is 1. The fourth-order valence-electron chi connectivity index (χ4n) is 1.57. The summed E-state index contributed by atoms with van der Waals surface area (Å²) in [6.07, 6.45) is 3.85. The van der Waals surface area contributed by atoms with Crippen LogP contribution in [-0.2, 0) is 0 Å². The van der Waals surface area contributed by atoms with Crippen LogP contribution in [0.4, 0.5) is 0 Å². The summed E-state index contributed by atoms with van der Waals surface area (Å²) in [4.78, 5) is 4.01. The molecule has 4 nitrogen and oxygen atoms in total. The predicted octanol–water partition coefficient (Wildman–Crippen LogP) is 2.06. The zero-order chi connectivity index (χ0) is 12.7. The summed E-state index contributed by atoms with van der Waals surface area (Å²) in [6.45, 7) is 4.62. The van der Waals surface area contributed by atoms with Crippen LogP contribution in [0.15, 0.2) is 18.5 Å². The number of aliphatic hydroxyl groups excluding tert-OH is 2. The van der Waals surface area contributed by atoms with Gasteiger partial charge in [0, 0.05) is 11.8 Å². The predicted molar refractivity (Wildman–Crippen MR) is 65.9 cm³/mol. The highest BCUT2D eigenvalue weighted by Crippen LogP contribution is 2.22. The molecule has 2 atom stereocenters. The monoisotopic (exact) mass is 239 g/mol. The first-order valence-electron chi connectivity index (χ1n) is 6.12. The molecular formula is C13H21NO3. The lowest BCUT2D eigenvalue weighted by Crippen LogP contribution is -2.18. The van der Waals surface area contributed by atoms with E-state index in [1.807, 2.05) is 13.8 Å². The maximum absolute atomic E-state index is 9.92. The molecule has 1 aromatic heterocycles. The molecule has 1 heterocycles. The smallest absolute Gasteiger partial charge is 0.137 e. The largest absolute Gasteiger partial charge is 0.492 e. The van der Waals surface area contributed by atoms with E-state index in [2.05, 4.69) is 4.98 Å². The number of aliphatic hydroxyl groups is 2. The Kier molecular flexibility index (Phi) is 5.94. The van der Waals surface area contributed by atoms with Crippen molar-refractivity contribution in [1.82, 2.24) is 4.98 Å². The minimum Gasteiger partial charge on any atom is -0.492 e. The van der Waals surface area contributed by atoms with Gasteiger partial charge in [-0.2, -0.15) is 0 Å². The zero-order valence-electron chi connectivity index (χ0n) is 10.5. The van der Waals surface area contributed by atoms with Crippen LogP contribution >= 0.6 is 0 Å². The first-order chi connectivity index (χ1) is 8.19. The Hall–Kier alpha value is -1.13. The molecule has 17 heavy (non-hydrogen) atoms. The van der Waals surface area contributed by atoms with E-state index in [9.17, 15) is 10.2 Å². The summed E-state index contributed by atoms with van der Waals surface area (Å²) >= 11 is 0. The number of pyridine rings is 1. The van der Waals surface area contributed by atoms with Crippen molar-refractivity contribution in [2.24, 2.45) is 0 Å². The maximum Gasteiger partial charge on any atom is 0.137 e. The molecule has 0 fully saturated rings. The molecule has 0 aromatic carbocycles. The summed E-state index contributed by atoms with van der Waals surface area (Å²) in [5, 5.41) is 19.6. The lowest BCUT2D eigenvalue weighted by Gasteiger charge is -2.17. The van der Waals surface area contributed by atoms with Crippen molar-refractivity contribution in [2.75, 3.05) is 6.61 Å². The van der Waals surface area contributed by atoms with Gasteiger partial charge in [-0.05, 0) is 18.9 Å². The van der Waals surface area contributed by atoms with Gasteiger partial charge < -0.3 is 14.9 Å². The van der Waals surface area contributed by atoms with Crippen LogP contribution < -0.4 is 4.74 Å². The Bertz CT molecular complexity index is 330. The summed E-state index contributed by atoms with van der Waals surface area (Å²) in [6, 6.07) is 1.73. The molecule has 0 saturated carbocycles. The molecule has 0 aliphatic carbocycles. The van der Waals surface area contributed by atoms with Crippen LogP contribution in [0.3, 0.4) is 0 Å². The lowest BCUT2D eigenvalue weighted by molar-refractivity contribution is 0.0128. The van der Waals surface area contributed by atoms with E-state index in [1.165, 1.54) is 0 Å². The van der Waals surface area contributed by atoms with Gasteiger partial charge in [-0.1, -0.05) is 20.3 Å². The molecule has 0 amide bonds. The summed E-state index contributed by atoms with van der Waals surface area (Å²) in [5.41, 5.74) is 0.597. The van der Waals surface area contributed by atoms with E-state index in [0.29, 0.717) is 24.3 Å². The Morgan fingerprint density at radius 3 is 2.65 bits per heavy atom. The highest BCUT2D eigenvalue weighted by molar-refractivity contribution is 5.25. The van der Waals surface area contributed by atoms with E-state index in [-0.39, 0.29) is 0 Å². The zero-order valence-corrected chi connectivity index (χ0v) is 10.5. The molecule has 0 aliphatic heterocycles. The van der Waals surface area contributed by atoms with Gasteiger partial charge in [-0.15, -0.1) is 0 Å². The third-order valence-corrected chi connectivity index (χ3v) is 2.50. The van der Waals surface area contributed by atoms with Crippen LogP contribution in [0.25, 0.3) is 0 Å². The van der Waals surface area contributed by atoms with Gasteiger partial charge in [-0.3, -0.25) is 4.98 Å². The Morgan fingerprint density at radius 2 is 2.00 bits per heavy atom. The van der Waals surface area contributed by atoms with E-state index in [0.717, 1.165) is 12.8 Å². The second-order valence-electron chi connectivity index (χ2n) is 4.10. The van der Waals surface area contributed by atoms with Crippen molar-refractivity contribution in [3.63, 3.8) is 0 Å². The molecule has 0 aliphatic rings. The maximum atomic E-state index is 9.92. The summed E-state index contributed by atoms with van der Waals surface area (Å²) < 4.78 is 5.43. The van der Waals surface area contributed by atoms with Crippen molar-refractivity contribution >= 4 is 0 Å². The molecule has 0 radical (unpaired) electrons. The first-order valence-corrected chi connectivity index (χ1v) is 6.12. The fraction of sp³-hybridized carbons (Fsp3) is 0.615. The first kappa shape index (κ1) is 13.9. The van der Waals surface area contributed by atoms with Crippen LogP contribution in [0.2, 0.25) is 0 Å². The number of rotatable bonds is 7. The Labute approximate surface area is 102 Å². The van der Waals surface area contributed by atoms with Crippen molar-refractivity contribution in [3.8, 4) is 5.75 Å². The average Bonchev–Trinajstić information content (AvgIpc) is 2.36. The van der Waals surface area contributed by atoms with E-state index >= 15 is 0 Å². The van der Waals surface area contributed by atoms with Crippen molar-refractivity contribution in [3.05, 3.63) is 24.0 Å². The minimum absolute atomic E-state index is 0.571.